The van der Waals surface area contributed by atoms with E-state index in [4.69, 9.17) is 19.9 Å². The van der Waals surface area contributed by atoms with Crippen molar-refractivity contribution in [3.05, 3.63) is 64.4 Å². The molecule has 1 aromatic carbocycles. The molecule has 0 radical (unpaired) electrons. The second-order valence-corrected chi connectivity index (χ2v) is 5.70. The zero-order chi connectivity index (χ0) is 17.5. The number of hydrogen-bond donors (Lipinski definition) is 2. The fourth-order valence-electron chi connectivity index (χ4n) is 1.37. The lowest BCUT2D eigenvalue weighted by atomic mass is 10.2. The Morgan fingerprint density at radius 3 is 2.35 bits per heavy atom. The highest BCUT2D eigenvalue weighted by Crippen LogP contribution is 2.10. The highest BCUT2D eigenvalue weighted by molar-refractivity contribution is 7.85. The molecular weight excluding hydrogens is 326 g/mol. The Morgan fingerprint density at radius 2 is 1.96 bits per heavy atom. The zero-order valence-corrected chi connectivity index (χ0v) is 12.7. The highest BCUT2D eigenvalue weighted by Gasteiger charge is 2.16. The molecule has 122 valence electrons. The van der Waals surface area contributed by atoms with Gasteiger partial charge in [-0.3, -0.25) is 4.55 Å². The third-order valence-electron chi connectivity index (χ3n) is 2.50. The number of allylic oxidation sites excluding steroid dienone is 1. The van der Waals surface area contributed by atoms with Gasteiger partial charge in [0.2, 0.25) is 6.10 Å². The summed E-state index contributed by atoms with van der Waals surface area (Å²) in [6.07, 6.45) is 2.81. The van der Waals surface area contributed by atoms with E-state index in [0.717, 1.165) is 11.8 Å². The summed E-state index contributed by atoms with van der Waals surface area (Å²) in [5.74, 6) is -1.08. The molecule has 1 aliphatic heterocycles. The van der Waals surface area contributed by atoms with Crippen molar-refractivity contribution in [2.24, 2.45) is 5.11 Å². The lowest BCUT2D eigenvalue weighted by Crippen LogP contribution is -2.20. The monoisotopic (exact) mass is 339 g/mol. The van der Waals surface area contributed by atoms with Gasteiger partial charge in [-0.25, -0.2) is 4.79 Å². The van der Waals surface area contributed by atoms with Gasteiger partial charge in [0.15, 0.2) is 0 Å². The van der Waals surface area contributed by atoms with E-state index >= 15 is 0 Å². The Morgan fingerprint density at radius 1 is 1.35 bits per heavy atom. The molecule has 0 bridgehead atoms. The summed E-state index contributed by atoms with van der Waals surface area (Å²) in [7, 11) is -4.02. The smallest absolute Gasteiger partial charge is 0.349 e. The number of carboxylic acids is 1. The van der Waals surface area contributed by atoms with Crippen LogP contribution in [0.1, 0.15) is 5.56 Å². The molecule has 9 nitrogen and oxygen atoms in total. The third-order valence-corrected chi connectivity index (χ3v) is 3.37. The minimum atomic E-state index is -4.02. The quantitative estimate of drug-likeness (QED) is 0.373. The molecule has 2 N–H and O–H groups in total. The second kappa shape index (κ2) is 7.99. The molecule has 0 aromatic heterocycles. The maximum absolute atomic E-state index is 10.5. The van der Waals surface area contributed by atoms with Gasteiger partial charge in [-0.15, -0.1) is 0 Å². The van der Waals surface area contributed by atoms with E-state index in [1.807, 2.05) is 6.92 Å². The first kappa shape index (κ1) is 18.2. The molecular formula is C13H13N3O6S. The number of hydrogen-bond acceptors (Lipinski definition) is 5. The van der Waals surface area contributed by atoms with Crippen molar-refractivity contribution in [2.45, 2.75) is 17.9 Å². The Hall–Kier alpha value is -2.81. The molecule has 0 saturated heterocycles. The lowest BCUT2D eigenvalue weighted by Gasteiger charge is -2.11. The standard InChI is InChI=1S/C7H8O3S.C6H5N3O3/c1-6-2-4-7(5-3-6)11(8,9)10;7-9-8-4-1-2-5(6(10)11)12-3-4/h2-5H,1H3,(H,8,9,10);1-3,5H,(H,10,11). The summed E-state index contributed by atoms with van der Waals surface area (Å²) in [5.41, 5.74) is 9.22. The Balaban J connectivity index is 0.000000231. The van der Waals surface area contributed by atoms with Crippen LogP contribution in [0.25, 0.3) is 10.4 Å². The van der Waals surface area contributed by atoms with Gasteiger partial charge in [-0.05, 0) is 36.7 Å². The van der Waals surface area contributed by atoms with E-state index in [-0.39, 0.29) is 10.6 Å². The number of aliphatic carboxylic acids is 1. The Kier molecular flexibility index (Phi) is 6.34. The number of nitrogens with zero attached hydrogens (tertiary/aromatic N) is 3. The van der Waals surface area contributed by atoms with Crippen LogP contribution in [0.3, 0.4) is 0 Å². The predicted octanol–water partition coefficient (Wildman–Crippen LogP) is 2.42. The number of ether oxygens (including phenoxy) is 1. The molecule has 10 heteroatoms. The Labute approximate surface area is 131 Å². The molecule has 1 aromatic rings. The largest absolute Gasteiger partial charge is 0.482 e. The minimum Gasteiger partial charge on any atom is -0.482 e. The fourth-order valence-corrected chi connectivity index (χ4v) is 1.85. The van der Waals surface area contributed by atoms with Crippen LogP contribution < -0.4 is 0 Å². The highest BCUT2D eigenvalue weighted by atomic mass is 32.2. The molecule has 0 saturated carbocycles. The van der Waals surface area contributed by atoms with Crippen LogP contribution in [-0.2, 0) is 19.6 Å². The van der Waals surface area contributed by atoms with Crippen LogP contribution >= 0.6 is 0 Å². The van der Waals surface area contributed by atoms with E-state index in [9.17, 15) is 13.2 Å². The zero-order valence-electron chi connectivity index (χ0n) is 11.9. The average Bonchev–Trinajstić information content (AvgIpc) is 2.48. The first-order valence-electron chi connectivity index (χ1n) is 6.10. The molecule has 23 heavy (non-hydrogen) atoms. The van der Waals surface area contributed by atoms with Crippen LogP contribution in [0.2, 0.25) is 0 Å². The van der Waals surface area contributed by atoms with E-state index < -0.39 is 22.2 Å². The number of benzene rings is 1. The second-order valence-electron chi connectivity index (χ2n) is 4.27. The van der Waals surface area contributed by atoms with E-state index in [1.54, 1.807) is 12.1 Å². The van der Waals surface area contributed by atoms with Crippen molar-refractivity contribution in [1.82, 2.24) is 0 Å². The fraction of sp³-hybridized carbons (Fsp3) is 0.154. The van der Waals surface area contributed by atoms with Crippen molar-refractivity contribution < 1.29 is 27.6 Å². The molecule has 1 atom stereocenters. The van der Waals surface area contributed by atoms with Gasteiger partial charge in [0.1, 0.15) is 0 Å². The number of aryl methyl sites for hydroxylation is 1. The SMILES string of the molecule is Cc1ccc(S(=O)(=O)O)cc1.[N-]=[N+]=NC1=COC(C(=O)O)C=C1. The summed E-state index contributed by atoms with van der Waals surface area (Å²) >= 11 is 0. The van der Waals surface area contributed by atoms with Gasteiger partial charge < -0.3 is 9.84 Å². The van der Waals surface area contributed by atoms with Gasteiger partial charge in [-0.2, -0.15) is 8.42 Å². The normalized spacial score (nSPS) is 16.1. The number of carbonyl (C=O) groups is 1. The molecule has 0 spiro atoms. The number of azide groups is 1. The van der Waals surface area contributed by atoms with Gasteiger partial charge in [0.05, 0.1) is 16.9 Å². The van der Waals surface area contributed by atoms with Crippen molar-refractivity contribution in [2.75, 3.05) is 0 Å². The van der Waals surface area contributed by atoms with E-state index in [0.29, 0.717) is 0 Å². The maximum Gasteiger partial charge on any atom is 0.349 e. The topological polar surface area (TPSA) is 150 Å². The maximum atomic E-state index is 10.5. The number of rotatable bonds is 3. The van der Waals surface area contributed by atoms with Crippen LogP contribution in [-0.4, -0.2) is 30.2 Å². The van der Waals surface area contributed by atoms with Gasteiger partial charge in [0.25, 0.3) is 10.1 Å². The molecule has 0 aliphatic carbocycles. The molecule has 1 unspecified atom stereocenters. The van der Waals surface area contributed by atoms with Gasteiger partial charge in [-0.1, -0.05) is 22.8 Å². The first-order valence-corrected chi connectivity index (χ1v) is 7.54. The van der Waals surface area contributed by atoms with Crippen LogP contribution in [0.5, 0.6) is 0 Å². The Bertz CT molecular complexity index is 776. The van der Waals surface area contributed by atoms with Gasteiger partial charge in [0, 0.05) is 4.91 Å². The van der Waals surface area contributed by atoms with Crippen LogP contribution in [0.15, 0.2) is 58.4 Å². The van der Waals surface area contributed by atoms with Crippen LogP contribution in [0, 0.1) is 6.92 Å². The van der Waals surface area contributed by atoms with Crippen LogP contribution in [0.4, 0.5) is 0 Å². The van der Waals surface area contributed by atoms with E-state index in [1.165, 1.54) is 24.3 Å². The van der Waals surface area contributed by atoms with Crippen molar-refractivity contribution in [3.8, 4) is 0 Å². The third kappa shape index (κ3) is 6.22. The molecule has 0 amide bonds. The molecule has 0 fully saturated rings. The van der Waals surface area contributed by atoms with Crippen molar-refractivity contribution >= 4 is 16.1 Å². The van der Waals surface area contributed by atoms with Crippen molar-refractivity contribution in [1.29, 1.82) is 0 Å². The van der Waals surface area contributed by atoms with Crippen molar-refractivity contribution in [3.63, 3.8) is 0 Å². The molecule has 2 rings (SSSR count). The van der Waals surface area contributed by atoms with E-state index in [2.05, 4.69) is 10.0 Å². The summed E-state index contributed by atoms with van der Waals surface area (Å²) in [5, 5.41) is 11.7. The predicted molar refractivity (Wildman–Crippen MR) is 79.9 cm³/mol. The summed E-state index contributed by atoms with van der Waals surface area (Å²) in [4.78, 5) is 12.8. The molecule has 1 aliphatic rings. The molecule has 1 heterocycles. The summed E-state index contributed by atoms with van der Waals surface area (Å²) in [6, 6.07) is 5.99. The minimum absolute atomic E-state index is 0.0666. The summed E-state index contributed by atoms with van der Waals surface area (Å²) < 4.78 is 34.2. The number of carboxylic acid groups (broad SMARTS) is 1. The first-order chi connectivity index (χ1) is 10.7. The average molecular weight is 339 g/mol. The van der Waals surface area contributed by atoms with Gasteiger partial charge >= 0.3 is 5.97 Å². The lowest BCUT2D eigenvalue weighted by molar-refractivity contribution is -0.144. The summed E-state index contributed by atoms with van der Waals surface area (Å²) in [6.45, 7) is 1.84.